The minimum atomic E-state index is 0.563. The molecule has 3 rings (SSSR count). The van der Waals surface area contributed by atoms with Crippen LogP contribution >= 0.6 is 0 Å². The second kappa shape index (κ2) is 6.01. The van der Waals surface area contributed by atoms with Gasteiger partial charge >= 0.3 is 0 Å². The Morgan fingerprint density at radius 1 is 1.18 bits per heavy atom. The van der Waals surface area contributed by atoms with Crippen LogP contribution < -0.4 is 15.6 Å². The molecule has 0 aliphatic heterocycles. The normalized spacial score (nSPS) is 14.0. The van der Waals surface area contributed by atoms with Crippen LogP contribution in [0.15, 0.2) is 36.4 Å². The van der Waals surface area contributed by atoms with Gasteiger partial charge in [-0.2, -0.15) is 0 Å². The Labute approximate surface area is 132 Å². The summed E-state index contributed by atoms with van der Waals surface area (Å²) in [4.78, 5) is 0. The highest BCUT2D eigenvalue weighted by Gasteiger charge is 2.27. The van der Waals surface area contributed by atoms with E-state index >= 15 is 0 Å². The van der Waals surface area contributed by atoms with Crippen molar-refractivity contribution in [3.8, 4) is 5.75 Å². The van der Waals surface area contributed by atoms with Gasteiger partial charge in [-0.1, -0.05) is 29.8 Å². The summed E-state index contributed by atoms with van der Waals surface area (Å²) in [5, 5.41) is 1.69. The van der Waals surface area contributed by atoms with E-state index < -0.39 is 0 Å². The summed E-state index contributed by atoms with van der Waals surface area (Å²) in [6.07, 6.45) is 2.54. The topological polar surface area (TPSA) is 38.5 Å². The summed E-state index contributed by atoms with van der Waals surface area (Å²) in [6.45, 7) is 4.75. The second-order valence-electron chi connectivity index (χ2n) is 6.29. The summed E-state index contributed by atoms with van der Waals surface area (Å²) in [5.41, 5.74) is 6.08. The van der Waals surface area contributed by atoms with E-state index in [9.17, 15) is 0 Å². The Balaban J connectivity index is 1.87. The first kappa shape index (κ1) is 14.9. The van der Waals surface area contributed by atoms with Crippen LogP contribution in [0.4, 0.5) is 5.69 Å². The van der Waals surface area contributed by atoms with E-state index in [2.05, 4.69) is 50.2 Å². The number of anilines is 1. The van der Waals surface area contributed by atoms with Crippen LogP contribution in [0.5, 0.6) is 5.75 Å². The molecule has 2 aromatic carbocycles. The first-order chi connectivity index (χ1) is 10.6. The van der Waals surface area contributed by atoms with E-state index in [4.69, 9.17) is 10.6 Å². The summed E-state index contributed by atoms with van der Waals surface area (Å²) in [5.74, 6) is 7.62. The highest BCUT2D eigenvalue weighted by atomic mass is 16.5. The standard InChI is InChI=1S/C19H24N2O/c1-13-7-10-19(14(2)11-13)22-12-17-16(15-8-9-15)5-4-6-18(17)21(3)20/h4-7,10-11,15H,8-9,12,20H2,1-3H3. The largest absolute Gasteiger partial charge is 0.489 e. The summed E-state index contributed by atoms with van der Waals surface area (Å²) in [7, 11) is 1.88. The molecule has 0 spiro atoms. The Hall–Kier alpha value is -2.00. The number of nitrogens with two attached hydrogens (primary N) is 1. The monoisotopic (exact) mass is 296 g/mol. The van der Waals surface area contributed by atoms with Crippen molar-refractivity contribution in [3.05, 3.63) is 58.7 Å². The molecule has 3 heteroatoms. The third-order valence-corrected chi connectivity index (χ3v) is 4.29. The number of nitrogens with zero attached hydrogens (tertiary/aromatic N) is 1. The van der Waals surface area contributed by atoms with Gasteiger partial charge in [-0.05, 0) is 55.9 Å². The second-order valence-corrected chi connectivity index (χ2v) is 6.29. The fourth-order valence-corrected chi connectivity index (χ4v) is 2.97. The number of rotatable bonds is 5. The van der Waals surface area contributed by atoms with Crippen LogP contribution in [0, 0.1) is 13.8 Å². The van der Waals surface area contributed by atoms with Crippen LogP contribution in [0.1, 0.15) is 41.0 Å². The van der Waals surface area contributed by atoms with Crippen LogP contribution in [-0.4, -0.2) is 7.05 Å². The fourth-order valence-electron chi connectivity index (χ4n) is 2.97. The number of hydrazine groups is 1. The van der Waals surface area contributed by atoms with E-state index in [1.807, 2.05) is 7.05 Å². The van der Waals surface area contributed by atoms with Crippen molar-refractivity contribution in [2.75, 3.05) is 12.1 Å². The van der Waals surface area contributed by atoms with Crippen molar-refractivity contribution in [3.63, 3.8) is 0 Å². The first-order valence-corrected chi connectivity index (χ1v) is 7.86. The molecule has 0 amide bonds. The molecule has 1 aliphatic carbocycles. The van der Waals surface area contributed by atoms with E-state index in [-0.39, 0.29) is 0 Å². The Bertz CT molecular complexity index is 655. The predicted octanol–water partition coefficient (Wildman–Crippen LogP) is 4.07. The quantitative estimate of drug-likeness (QED) is 0.667. The maximum Gasteiger partial charge on any atom is 0.122 e. The van der Waals surface area contributed by atoms with Crippen LogP contribution in [0.2, 0.25) is 0 Å². The third kappa shape index (κ3) is 3.09. The molecule has 0 unspecified atom stereocenters. The fraction of sp³-hybridized carbons (Fsp3) is 0.368. The highest BCUT2D eigenvalue weighted by molar-refractivity contribution is 5.57. The van der Waals surface area contributed by atoms with E-state index in [1.54, 1.807) is 5.01 Å². The lowest BCUT2D eigenvalue weighted by Gasteiger charge is -2.21. The molecule has 0 heterocycles. The molecular weight excluding hydrogens is 272 g/mol. The molecule has 2 N–H and O–H groups in total. The Morgan fingerprint density at radius 3 is 2.59 bits per heavy atom. The molecule has 116 valence electrons. The van der Waals surface area contributed by atoms with Gasteiger partial charge < -0.3 is 9.75 Å². The first-order valence-electron chi connectivity index (χ1n) is 7.86. The van der Waals surface area contributed by atoms with Gasteiger partial charge in [0.1, 0.15) is 12.4 Å². The summed E-state index contributed by atoms with van der Waals surface area (Å²) >= 11 is 0. The molecule has 0 aromatic heterocycles. The van der Waals surface area contributed by atoms with E-state index in [0.717, 1.165) is 11.4 Å². The van der Waals surface area contributed by atoms with Gasteiger partial charge in [-0.15, -0.1) is 0 Å². The average molecular weight is 296 g/mol. The van der Waals surface area contributed by atoms with Crippen molar-refractivity contribution in [2.24, 2.45) is 5.84 Å². The van der Waals surface area contributed by atoms with Crippen LogP contribution in [0.25, 0.3) is 0 Å². The van der Waals surface area contributed by atoms with Crippen molar-refractivity contribution >= 4 is 5.69 Å². The molecule has 0 saturated heterocycles. The molecule has 1 saturated carbocycles. The van der Waals surface area contributed by atoms with Crippen molar-refractivity contribution in [1.82, 2.24) is 0 Å². The van der Waals surface area contributed by atoms with Gasteiger partial charge in [-0.3, -0.25) is 0 Å². The molecule has 0 atom stereocenters. The van der Waals surface area contributed by atoms with Crippen molar-refractivity contribution in [2.45, 2.75) is 39.2 Å². The van der Waals surface area contributed by atoms with Gasteiger partial charge in [0.05, 0.1) is 5.69 Å². The highest BCUT2D eigenvalue weighted by Crippen LogP contribution is 2.43. The van der Waals surface area contributed by atoms with Gasteiger partial charge in [-0.25, -0.2) is 5.84 Å². The van der Waals surface area contributed by atoms with Gasteiger partial charge in [0.25, 0.3) is 0 Å². The van der Waals surface area contributed by atoms with Crippen molar-refractivity contribution in [1.29, 1.82) is 0 Å². The zero-order valence-electron chi connectivity index (χ0n) is 13.6. The molecular formula is C19H24N2O. The predicted molar refractivity (Wildman–Crippen MR) is 91.3 cm³/mol. The van der Waals surface area contributed by atoms with Crippen LogP contribution in [0.3, 0.4) is 0 Å². The molecule has 1 aliphatic rings. The molecule has 0 bridgehead atoms. The van der Waals surface area contributed by atoms with E-state index in [1.165, 1.54) is 35.1 Å². The third-order valence-electron chi connectivity index (χ3n) is 4.29. The maximum absolute atomic E-state index is 6.11. The molecule has 22 heavy (non-hydrogen) atoms. The van der Waals surface area contributed by atoms with Gasteiger partial charge in [0.15, 0.2) is 0 Å². The number of benzene rings is 2. The summed E-state index contributed by atoms with van der Waals surface area (Å²) < 4.78 is 6.11. The lowest BCUT2D eigenvalue weighted by molar-refractivity contribution is 0.303. The zero-order valence-corrected chi connectivity index (χ0v) is 13.6. The van der Waals surface area contributed by atoms with Gasteiger partial charge in [0.2, 0.25) is 0 Å². The minimum absolute atomic E-state index is 0.563. The number of ether oxygens (including phenoxy) is 1. The Morgan fingerprint density at radius 2 is 1.95 bits per heavy atom. The zero-order chi connectivity index (χ0) is 15.7. The SMILES string of the molecule is Cc1ccc(OCc2c(C3CC3)cccc2N(C)N)c(C)c1. The molecule has 1 fully saturated rings. The Kier molecular flexibility index (Phi) is 4.08. The van der Waals surface area contributed by atoms with Crippen LogP contribution in [-0.2, 0) is 6.61 Å². The van der Waals surface area contributed by atoms with E-state index in [0.29, 0.717) is 12.5 Å². The lowest BCUT2D eigenvalue weighted by Crippen LogP contribution is -2.27. The van der Waals surface area contributed by atoms with Gasteiger partial charge in [0, 0.05) is 12.6 Å². The number of hydrogen-bond acceptors (Lipinski definition) is 3. The molecule has 0 radical (unpaired) electrons. The lowest BCUT2D eigenvalue weighted by atomic mass is 10.0. The average Bonchev–Trinajstić information content (AvgIpc) is 3.30. The number of hydrogen-bond donors (Lipinski definition) is 1. The minimum Gasteiger partial charge on any atom is -0.489 e. The summed E-state index contributed by atoms with van der Waals surface area (Å²) in [6, 6.07) is 12.7. The van der Waals surface area contributed by atoms with Crippen molar-refractivity contribution < 1.29 is 4.74 Å². The molecule has 3 nitrogen and oxygen atoms in total. The molecule has 2 aromatic rings. The smallest absolute Gasteiger partial charge is 0.122 e. The maximum atomic E-state index is 6.11. The number of aryl methyl sites for hydroxylation is 2.